The van der Waals surface area contributed by atoms with Gasteiger partial charge >= 0.3 is 0 Å². The van der Waals surface area contributed by atoms with Crippen molar-refractivity contribution in [2.24, 2.45) is 0 Å². The minimum Gasteiger partial charge on any atom is -0.392 e. The molecule has 3 rings (SSSR count). The average Bonchev–Trinajstić information content (AvgIpc) is 2.70. The number of nitrogens with one attached hydrogen (secondary N) is 2. The van der Waals surface area contributed by atoms with Crippen LogP contribution in [0.3, 0.4) is 0 Å². The third-order valence-corrected chi connectivity index (χ3v) is 4.42. The third-order valence-electron chi connectivity index (χ3n) is 4.08. The first-order valence-corrected chi connectivity index (χ1v) is 9.20. The van der Waals surface area contributed by atoms with Crippen LogP contribution < -0.4 is 10.6 Å². The van der Waals surface area contributed by atoms with Gasteiger partial charge in [0.2, 0.25) is 5.95 Å². The molecule has 0 amide bonds. The van der Waals surface area contributed by atoms with Crippen LogP contribution >= 0.6 is 11.6 Å². The molecule has 1 aromatic heterocycles. The number of anilines is 2. The van der Waals surface area contributed by atoms with Gasteiger partial charge in [0.25, 0.3) is 0 Å². The highest BCUT2D eigenvalue weighted by atomic mass is 35.5. The topological polar surface area (TPSA) is 93.9 Å². The molecule has 142 valence electrons. The van der Waals surface area contributed by atoms with Crippen molar-refractivity contribution in [3.05, 3.63) is 82.6 Å². The van der Waals surface area contributed by atoms with Gasteiger partial charge in [0, 0.05) is 23.5 Å². The summed E-state index contributed by atoms with van der Waals surface area (Å²) in [5.41, 5.74) is 2.96. The fraction of sp³-hybridized carbons (Fsp3) is 0.190. The van der Waals surface area contributed by atoms with Crippen molar-refractivity contribution >= 4 is 23.2 Å². The molecule has 28 heavy (non-hydrogen) atoms. The van der Waals surface area contributed by atoms with Gasteiger partial charge in [0.05, 0.1) is 29.5 Å². The van der Waals surface area contributed by atoms with E-state index in [0.717, 1.165) is 16.9 Å². The molecule has 3 N–H and O–H groups in total. The first-order valence-electron chi connectivity index (χ1n) is 8.83. The third kappa shape index (κ3) is 5.05. The first-order chi connectivity index (χ1) is 13.6. The lowest BCUT2D eigenvalue weighted by molar-refractivity contribution is 0.188. The lowest BCUT2D eigenvalue weighted by Crippen LogP contribution is -2.30. The predicted molar refractivity (Wildman–Crippen MR) is 109 cm³/mol. The number of benzene rings is 2. The van der Waals surface area contributed by atoms with Crippen LogP contribution in [0.4, 0.5) is 11.6 Å². The molecule has 1 heterocycles. The zero-order valence-corrected chi connectivity index (χ0v) is 16.1. The van der Waals surface area contributed by atoms with E-state index in [1.807, 2.05) is 30.3 Å². The van der Waals surface area contributed by atoms with Gasteiger partial charge < -0.3 is 15.7 Å². The Labute approximate surface area is 168 Å². The van der Waals surface area contributed by atoms with Crippen LogP contribution in [0.15, 0.2) is 60.8 Å². The summed E-state index contributed by atoms with van der Waals surface area (Å²) in [6.07, 6.45) is 1.16. The van der Waals surface area contributed by atoms with Gasteiger partial charge in [-0.2, -0.15) is 5.26 Å². The summed E-state index contributed by atoms with van der Waals surface area (Å²) in [5, 5.41) is 25.7. The molecular formula is C21H20ClN5O. The van der Waals surface area contributed by atoms with E-state index in [9.17, 15) is 5.11 Å². The molecule has 2 unspecified atom stereocenters. The van der Waals surface area contributed by atoms with Crippen LogP contribution in [0.2, 0.25) is 5.02 Å². The summed E-state index contributed by atoms with van der Waals surface area (Å²) in [5.74, 6) is 0.429. The molecule has 0 aliphatic carbocycles. The minimum absolute atomic E-state index is 0.298. The van der Waals surface area contributed by atoms with Crippen molar-refractivity contribution in [1.29, 1.82) is 5.26 Å². The van der Waals surface area contributed by atoms with E-state index in [4.69, 9.17) is 16.9 Å². The molecule has 0 radical (unpaired) electrons. The summed E-state index contributed by atoms with van der Waals surface area (Å²) < 4.78 is 0. The molecular weight excluding hydrogens is 374 g/mol. The molecule has 0 fully saturated rings. The molecule has 0 spiro atoms. The normalized spacial score (nSPS) is 12.8. The van der Waals surface area contributed by atoms with Gasteiger partial charge in [-0.15, -0.1) is 0 Å². The highest BCUT2D eigenvalue weighted by Crippen LogP contribution is 2.28. The molecule has 0 aliphatic rings. The summed E-state index contributed by atoms with van der Waals surface area (Å²) in [7, 11) is 0. The van der Waals surface area contributed by atoms with Gasteiger partial charge in [-0.3, -0.25) is 0 Å². The Hall–Kier alpha value is -2.98. The fourth-order valence-electron chi connectivity index (χ4n) is 2.72. The molecule has 0 saturated carbocycles. The number of aliphatic hydroxyl groups is 1. The smallest absolute Gasteiger partial charge is 0.227 e. The van der Waals surface area contributed by atoms with Crippen molar-refractivity contribution in [2.45, 2.75) is 19.1 Å². The zero-order valence-electron chi connectivity index (χ0n) is 15.3. The van der Waals surface area contributed by atoms with Crippen molar-refractivity contribution < 1.29 is 5.11 Å². The van der Waals surface area contributed by atoms with Gasteiger partial charge in [-0.25, -0.2) is 9.97 Å². The molecule has 0 bridgehead atoms. The Kier molecular flexibility index (Phi) is 6.56. The molecule has 7 heteroatoms. The number of aliphatic hydroxyl groups excluding tert-OH is 1. The summed E-state index contributed by atoms with van der Waals surface area (Å²) >= 11 is 6.39. The monoisotopic (exact) mass is 393 g/mol. The van der Waals surface area contributed by atoms with E-state index < -0.39 is 6.10 Å². The maximum Gasteiger partial charge on any atom is 0.227 e. The standard InChI is InChI=1S/C21H20ClN5O/c1-14(28)13-25-20(17-4-2-3-5-18(17)22)19-10-11-24-21(27-19)26-16-8-6-15(12-23)7-9-16/h2-11,14,20,25,28H,13H2,1H3,(H,24,26,27). The van der Waals surface area contributed by atoms with Crippen molar-refractivity contribution in [1.82, 2.24) is 15.3 Å². The van der Waals surface area contributed by atoms with Crippen molar-refractivity contribution in [3.63, 3.8) is 0 Å². The lowest BCUT2D eigenvalue weighted by atomic mass is 10.0. The van der Waals surface area contributed by atoms with Gasteiger partial charge in [-0.05, 0) is 48.9 Å². The van der Waals surface area contributed by atoms with E-state index in [-0.39, 0.29) is 6.04 Å². The minimum atomic E-state index is -0.511. The molecule has 3 aromatic rings. The number of aromatic nitrogens is 2. The maximum absolute atomic E-state index is 9.69. The molecule has 2 atom stereocenters. The van der Waals surface area contributed by atoms with E-state index >= 15 is 0 Å². The van der Waals surface area contributed by atoms with Crippen LogP contribution in [0.1, 0.15) is 29.8 Å². The Morgan fingerprint density at radius 2 is 1.89 bits per heavy atom. The number of hydrogen-bond donors (Lipinski definition) is 3. The molecule has 6 nitrogen and oxygen atoms in total. The Balaban J connectivity index is 1.89. The second kappa shape index (κ2) is 9.29. The van der Waals surface area contributed by atoms with Gasteiger partial charge in [0.1, 0.15) is 0 Å². The Morgan fingerprint density at radius 3 is 2.57 bits per heavy atom. The van der Waals surface area contributed by atoms with Gasteiger partial charge in [-0.1, -0.05) is 29.8 Å². The Morgan fingerprint density at radius 1 is 1.14 bits per heavy atom. The fourth-order valence-corrected chi connectivity index (χ4v) is 2.97. The number of halogens is 1. The second-order valence-electron chi connectivity index (χ2n) is 6.33. The number of rotatable bonds is 7. The SMILES string of the molecule is CC(O)CNC(c1ccnc(Nc2ccc(C#N)cc2)n1)c1ccccc1Cl. The predicted octanol–water partition coefficient (Wildman–Crippen LogP) is 3.81. The number of nitriles is 1. The van der Waals surface area contributed by atoms with Gasteiger partial charge in [0.15, 0.2) is 0 Å². The highest BCUT2D eigenvalue weighted by molar-refractivity contribution is 6.31. The van der Waals surface area contributed by atoms with Crippen LogP contribution in [0, 0.1) is 11.3 Å². The van der Waals surface area contributed by atoms with E-state index in [2.05, 4.69) is 26.7 Å². The van der Waals surface area contributed by atoms with Crippen molar-refractivity contribution in [2.75, 3.05) is 11.9 Å². The average molecular weight is 394 g/mol. The number of nitrogens with zero attached hydrogens (tertiary/aromatic N) is 3. The van der Waals surface area contributed by atoms with Crippen LogP contribution in [-0.2, 0) is 0 Å². The summed E-state index contributed by atoms with van der Waals surface area (Å²) in [6.45, 7) is 2.10. The van der Waals surface area contributed by atoms with Crippen LogP contribution in [0.25, 0.3) is 0 Å². The van der Waals surface area contributed by atoms with E-state index in [1.54, 1.807) is 37.4 Å². The van der Waals surface area contributed by atoms with E-state index in [0.29, 0.717) is 23.1 Å². The van der Waals surface area contributed by atoms with Crippen molar-refractivity contribution in [3.8, 4) is 6.07 Å². The quantitative estimate of drug-likeness (QED) is 0.565. The van der Waals surface area contributed by atoms with Crippen LogP contribution in [0.5, 0.6) is 0 Å². The lowest BCUT2D eigenvalue weighted by Gasteiger charge is -2.21. The summed E-state index contributed by atoms with van der Waals surface area (Å²) in [6, 6.07) is 18.2. The maximum atomic E-state index is 9.69. The zero-order chi connectivity index (χ0) is 19.9. The highest BCUT2D eigenvalue weighted by Gasteiger charge is 2.19. The number of hydrogen-bond acceptors (Lipinski definition) is 6. The largest absolute Gasteiger partial charge is 0.392 e. The van der Waals surface area contributed by atoms with Crippen LogP contribution in [-0.4, -0.2) is 27.7 Å². The molecule has 0 saturated heterocycles. The molecule has 2 aromatic carbocycles. The van der Waals surface area contributed by atoms with E-state index in [1.165, 1.54) is 0 Å². The second-order valence-corrected chi connectivity index (χ2v) is 6.74. The summed E-state index contributed by atoms with van der Waals surface area (Å²) in [4.78, 5) is 8.89. The molecule has 0 aliphatic heterocycles. The Bertz CT molecular complexity index is 969. The first kappa shape index (κ1) is 19.8.